The van der Waals surface area contributed by atoms with Crippen LogP contribution < -0.4 is 14.4 Å². The minimum Gasteiger partial charge on any atom is -0.490 e. The van der Waals surface area contributed by atoms with E-state index in [0.717, 1.165) is 42.8 Å². The molecule has 1 fully saturated rings. The molecule has 6 rings (SSSR count). The molecular formula is C35H48ClN3O5S. The van der Waals surface area contributed by atoms with Gasteiger partial charge in [0.2, 0.25) is 10.0 Å². The number of halogens is 1. The normalized spacial score (nSPS) is 35.0. The zero-order chi connectivity index (χ0) is 32.3. The van der Waals surface area contributed by atoms with Gasteiger partial charge in [0.1, 0.15) is 5.75 Å². The summed E-state index contributed by atoms with van der Waals surface area (Å²) in [6, 6.07) is 11.4. The number of amides is 1. The summed E-state index contributed by atoms with van der Waals surface area (Å²) in [6.45, 7) is 7.45. The Labute approximate surface area is 273 Å². The molecule has 2 aromatic carbocycles. The largest absolute Gasteiger partial charge is 0.490 e. The molecular weight excluding hydrogens is 610 g/mol. The summed E-state index contributed by atoms with van der Waals surface area (Å²) >= 11 is 6.42. The number of carbonyl (C=O) groups excluding carboxylic acids is 1. The van der Waals surface area contributed by atoms with E-state index >= 15 is 0 Å². The number of hydrogen-bond donors (Lipinski definition) is 2. The van der Waals surface area contributed by atoms with E-state index in [9.17, 15) is 18.3 Å². The average Bonchev–Trinajstić information content (AvgIpc) is 3.10. The standard InChI is InChI=1S/C35H48ClN3O5S/c1-22-15-28(38(4)5)18-34(3,41)29-11-8-26(29)19-39-20-35(14-6-7-24-16-27(36)10-12-30(24)35)21-44-32-13-9-25(17-31(32)39)33(40)37-45(42,43)23(22)2/h9-10,12-13,16-17,22-23,26,28-29,41H,6-8,11,14-15,18-21H2,1-5H3,(H,37,40)/t22-,23+,26-,28-,29+,34-,35-/m0/s1. The highest BCUT2D eigenvalue weighted by atomic mass is 35.5. The summed E-state index contributed by atoms with van der Waals surface area (Å²) in [5.41, 5.74) is 2.41. The zero-order valence-electron chi connectivity index (χ0n) is 27.2. The first-order valence-corrected chi connectivity index (χ1v) is 18.4. The molecule has 0 unspecified atom stereocenters. The zero-order valence-corrected chi connectivity index (χ0v) is 28.8. The van der Waals surface area contributed by atoms with E-state index in [1.54, 1.807) is 25.1 Å². The number of sulfonamides is 1. The van der Waals surface area contributed by atoms with Crippen molar-refractivity contribution in [1.29, 1.82) is 0 Å². The van der Waals surface area contributed by atoms with Gasteiger partial charge in [-0.1, -0.05) is 24.6 Å². The lowest BCUT2D eigenvalue weighted by Gasteiger charge is -2.50. The number of ether oxygens (including phenoxy) is 1. The lowest BCUT2D eigenvalue weighted by Crippen LogP contribution is -2.54. The number of rotatable bonds is 1. The van der Waals surface area contributed by atoms with Crippen molar-refractivity contribution in [3.8, 4) is 5.75 Å². The van der Waals surface area contributed by atoms with Crippen molar-refractivity contribution in [2.24, 2.45) is 17.8 Å². The van der Waals surface area contributed by atoms with Crippen molar-refractivity contribution in [3.05, 3.63) is 58.1 Å². The molecule has 1 spiro atoms. The number of aliphatic hydroxyl groups is 1. The van der Waals surface area contributed by atoms with Crippen molar-refractivity contribution in [1.82, 2.24) is 9.62 Å². The maximum absolute atomic E-state index is 13.5. The SMILES string of the molecule is C[C@@H]1[C@@H](C)C[C@H](N(C)C)C[C@](C)(O)[C@@H]2CC[C@H]2CN2C[C@@]3(CCCc4cc(Cl)ccc43)COc3ccc(cc32)C(=O)NS1(=O)=O. The summed E-state index contributed by atoms with van der Waals surface area (Å²) < 4.78 is 35.9. The molecule has 4 aliphatic rings. The molecule has 2 heterocycles. The van der Waals surface area contributed by atoms with Gasteiger partial charge < -0.3 is 19.6 Å². The first-order valence-electron chi connectivity index (χ1n) is 16.4. The molecule has 2 bridgehead atoms. The number of hydrogen-bond acceptors (Lipinski definition) is 7. The Bertz CT molecular complexity index is 1560. The highest BCUT2D eigenvalue weighted by Crippen LogP contribution is 2.49. The van der Waals surface area contributed by atoms with Gasteiger partial charge in [-0.05, 0) is 132 Å². The van der Waals surface area contributed by atoms with E-state index in [1.807, 2.05) is 34.0 Å². The molecule has 0 aromatic heterocycles. The van der Waals surface area contributed by atoms with Crippen LogP contribution in [0.1, 0.15) is 80.8 Å². The molecule has 8 nitrogen and oxygen atoms in total. The summed E-state index contributed by atoms with van der Waals surface area (Å²) in [4.78, 5) is 18.0. The molecule has 2 aromatic rings. The maximum Gasteiger partial charge on any atom is 0.264 e. The van der Waals surface area contributed by atoms with Crippen LogP contribution >= 0.6 is 11.6 Å². The van der Waals surface area contributed by atoms with E-state index in [4.69, 9.17) is 16.3 Å². The number of nitrogens with zero attached hydrogens (tertiary/aromatic N) is 2. The highest BCUT2D eigenvalue weighted by molar-refractivity contribution is 7.90. The molecule has 2 aliphatic heterocycles. The minimum absolute atomic E-state index is 0.0164. The number of aryl methyl sites for hydroxylation is 1. The first kappa shape index (κ1) is 32.6. The number of anilines is 1. The molecule has 45 heavy (non-hydrogen) atoms. The van der Waals surface area contributed by atoms with Gasteiger partial charge in [-0.25, -0.2) is 13.1 Å². The summed E-state index contributed by atoms with van der Waals surface area (Å²) in [5.74, 6) is 0.196. The number of benzene rings is 2. The topological polar surface area (TPSA) is 99.2 Å². The van der Waals surface area contributed by atoms with Gasteiger partial charge in [-0.3, -0.25) is 4.79 Å². The van der Waals surface area contributed by atoms with Crippen LogP contribution in [0.15, 0.2) is 36.4 Å². The van der Waals surface area contributed by atoms with E-state index in [0.29, 0.717) is 38.3 Å². The summed E-state index contributed by atoms with van der Waals surface area (Å²) in [5, 5.41) is 12.0. The molecule has 1 amide bonds. The lowest BCUT2D eigenvalue weighted by atomic mass is 9.63. The average molecular weight is 658 g/mol. The Hall–Kier alpha value is -2.33. The molecule has 1 saturated carbocycles. The van der Waals surface area contributed by atoms with Crippen LogP contribution in [0.2, 0.25) is 5.02 Å². The van der Waals surface area contributed by atoms with Crippen LogP contribution in [-0.4, -0.2) is 75.0 Å². The fraction of sp³-hybridized carbons (Fsp3) is 0.629. The van der Waals surface area contributed by atoms with Crippen LogP contribution in [0.4, 0.5) is 5.69 Å². The van der Waals surface area contributed by atoms with Crippen LogP contribution in [0.5, 0.6) is 5.75 Å². The summed E-state index contributed by atoms with van der Waals surface area (Å²) in [6.07, 6.45) is 6.06. The van der Waals surface area contributed by atoms with Crippen LogP contribution in [0.3, 0.4) is 0 Å². The second-order valence-corrected chi connectivity index (χ2v) is 17.3. The third-order valence-electron chi connectivity index (χ3n) is 11.5. The maximum atomic E-state index is 13.5. The van der Waals surface area contributed by atoms with Gasteiger partial charge in [0.25, 0.3) is 5.91 Å². The van der Waals surface area contributed by atoms with Crippen LogP contribution in [0.25, 0.3) is 0 Å². The molecule has 7 atom stereocenters. The van der Waals surface area contributed by atoms with E-state index in [1.165, 1.54) is 11.1 Å². The van der Waals surface area contributed by atoms with Crippen molar-refractivity contribution >= 4 is 33.2 Å². The Morgan fingerprint density at radius 2 is 1.91 bits per heavy atom. The van der Waals surface area contributed by atoms with E-state index < -0.39 is 26.8 Å². The monoisotopic (exact) mass is 657 g/mol. The molecule has 246 valence electrons. The third-order valence-corrected chi connectivity index (χ3v) is 13.7. The Balaban J connectivity index is 1.44. The third kappa shape index (κ3) is 6.22. The van der Waals surface area contributed by atoms with Gasteiger partial charge in [0, 0.05) is 35.1 Å². The fourth-order valence-electron chi connectivity index (χ4n) is 8.46. The molecule has 10 heteroatoms. The lowest BCUT2D eigenvalue weighted by molar-refractivity contribution is -0.0857. The highest BCUT2D eigenvalue weighted by Gasteiger charge is 2.48. The predicted octanol–water partition coefficient (Wildman–Crippen LogP) is 5.40. The molecule has 2 aliphatic carbocycles. The van der Waals surface area contributed by atoms with Crippen molar-refractivity contribution in [2.45, 2.75) is 88.0 Å². The second kappa shape index (κ2) is 12.0. The Morgan fingerprint density at radius 1 is 1.13 bits per heavy atom. The van der Waals surface area contributed by atoms with Crippen LogP contribution in [0, 0.1) is 17.8 Å². The Morgan fingerprint density at radius 3 is 2.62 bits per heavy atom. The van der Waals surface area contributed by atoms with Crippen molar-refractivity contribution < 1.29 is 23.1 Å². The van der Waals surface area contributed by atoms with Crippen molar-refractivity contribution in [2.75, 3.05) is 38.7 Å². The molecule has 0 saturated heterocycles. The fourth-order valence-corrected chi connectivity index (χ4v) is 9.94. The van der Waals surface area contributed by atoms with Crippen LogP contribution in [-0.2, 0) is 21.9 Å². The second-order valence-electron chi connectivity index (χ2n) is 14.8. The number of nitrogens with one attached hydrogen (secondary N) is 1. The smallest absolute Gasteiger partial charge is 0.264 e. The van der Waals surface area contributed by atoms with Gasteiger partial charge in [0.15, 0.2) is 0 Å². The minimum atomic E-state index is -3.96. The Kier molecular flexibility index (Phi) is 8.72. The first-order chi connectivity index (χ1) is 21.2. The number of carbonyl (C=O) groups is 1. The molecule has 2 N–H and O–H groups in total. The summed E-state index contributed by atoms with van der Waals surface area (Å²) in [7, 11) is 0.0226. The van der Waals surface area contributed by atoms with Gasteiger partial charge in [-0.2, -0.15) is 0 Å². The quantitative estimate of drug-likeness (QED) is 0.424. The van der Waals surface area contributed by atoms with Crippen molar-refractivity contribution in [3.63, 3.8) is 0 Å². The molecule has 0 radical (unpaired) electrons. The van der Waals surface area contributed by atoms with Gasteiger partial charge in [0.05, 0.1) is 23.1 Å². The van der Waals surface area contributed by atoms with E-state index in [2.05, 4.69) is 26.7 Å². The predicted molar refractivity (Wildman–Crippen MR) is 179 cm³/mol. The van der Waals surface area contributed by atoms with Gasteiger partial charge >= 0.3 is 0 Å². The number of fused-ring (bicyclic) bond motifs is 4. The van der Waals surface area contributed by atoms with E-state index in [-0.39, 0.29) is 34.8 Å². The van der Waals surface area contributed by atoms with Gasteiger partial charge in [-0.15, -0.1) is 0 Å².